The van der Waals surface area contributed by atoms with Gasteiger partial charge >= 0.3 is 0 Å². The van der Waals surface area contributed by atoms with Gasteiger partial charge in [0.05, 0.1) is 6.10 Å². The molecule has 0 bridgehead atoms. The van der Waals surface area contributed by atoms with Crippen molar-refractivity contribution in [2.75, 3.05) is 6.54 Å². The van der Waals surface area contributed by atoms with Gasteiger partial charge < -0.3 is 10.4 Å². The number of hydrogen-bond donors (Lipinski definition) is 2. The summed E-state index contributed by atoms with van der Waals surface area (Å²) in [7, 11) is 0. The van der Waals surface area contributed by atoms with Gasteiger partial charge in [-0.05, 0) is 45.6 Å². The zero-order chi connectivity index (χ0) is 16.8. The second kappa shape index (κ2) is 7.90. The van der Waals surface area contributed by atoms with Crippen LogP contribution in [0.2, 0.25) is 0 Å². The molecule has 0 aliphatic carbocycles. The van der Waals surface area contributed by atoms with Gasteiger partial charge in [0.15, 0.2) is 0 Å². The molecule has 3 nitrogen and oxygen atoms in total. The monoisotopic (exact) mass is 337 g/mol. The molecule has 1 amide bonds. The average Bonchev–Trinajstić information content (AvgIpc) is 3.15. The first kappa shape index (κ1) is 16.4. The Labute approximate surface area is 145 Å². The number of carbonyl (C=O) groups is 1. The van der Waals surface area contributed by atoms with E-state index in [1.54, 1.807) is 11.3 Å². The highest BCUT2D eigenvalue weighted by Gasteiger charge is 2.10. The molecule has 1 heterocycles. The van der Waals surface area contributed by atoms with Crippen LogP contribution in [0.1, 0.15) is 15.9 Å². The molecule has 122 valence electrons. The number of aliphatic hydroxyl groups is 1. The minimum atomic E-state index is -0.596. The van der Waals surface area contributed by atoms with Crippen molar-refractivity contribution in [2.24, 2.45) is 0 Å². The number of benzene rings is 2. The molecule has 0 saturated carbocycles. The van der Waals surface area contributed by atoms with Gasteiger partial charge in [0.25, 0.3) is 5.91 Å². The number of nitrogens with one attached hydrogen (secondary N) is 1. The lowest BCUT2D eigenvalue weighted by Crippen LogP contribution is -2.33. The molecule has 0 aliphatic heterocycles. The lowest BCUT2D eigenvalue weighted by molar-refractivity contribution is 0.0916. The van der Waals surface area contributed by atoms with Crippen LogP contribution in [0, 0.1) is 0 Å². The summed E-state index contributed by atoms with van der Waals surface area (Å²) in [5.41, 5.74) is 3.91. The highest BCUT2D eigenvalue weighted by Crippen LogP contribution is 2.22. The number of hydrogen-bond acceptors (Lipinski definition) is 3. The molecular weight excluding hydrogens is 318 g/mol. The Morgan fingerprint density at radius 1 is 1.00 bits per heavy atom. The van der Waals surface area contributed by atoms with Crippen LogP contribution in [0.3, 0.4) is 0 Å². The van der Waals surface area contributed by atoms with Gasteiger partial charge in [-0.1, -0.05) is 42.5 Å². The highest BCUT2D eigenvalue weighted by molar-refractivity contribution is 7.08. The Bertz CT molecular complexity index is 767. The smallest absolute Gasteiger partial charge is 0.251 e. The normalized spacial score (nSPS) is 11.9. The summed E-state index contributed by atoms with van der Waals surface area (Å²) < 4.78 is 0. The van der Waals surface area contributed by atoms with E-state index in [0.717, 1.165) is 16.7 Å². The van der Waals surface area contributed by atoms with E-state index in [2.05, 4.69) is 16.8 Å². The van der Waals surface area contributed by atoms with E-state index in [0.29, 0.717) is 12.0 Å². The molecule has 0 radical (unpaired) electrons. The first-order valence-electron chi connectivity index (χ1n) is 7.85. The molecule has 24 heavy (non-hydrogen) atoms. The predicted molar refractivity (Wildman–Crippen MR) is 98.2 cm³/mol. The zero-order valence-corrected chi connectivity index (χ0v) is 14.0. The fourth-order valence-corrected chi connectivity index (χ4v) is 3.18. The lowest BCUT2D eigenvalue weighted by Gasteiger charge is -2.12. The second-order valence-electron chi connectivity index (χ2n) is 5.64. The molecule has 0 aliphatic rings. The number of carbonyl (C=O) groups excluding carboxylic acids is 1. The quantitative estimate of drug-likeness (QED) is 0.720. The highest BCUT2D eigenvalue weighted by atomic mass is 32.1. The Kier molecular flexibility index (Phi) is 5.41. The van der Waals surface area contributed by atoms with Gasteiger partial charge in [-0.2, -0.15) is 11.3 Å². The third-order valence-electron chi connectivity index (χ3n) is 3.81. The van der Waals surface area contributed by atoms with E-state index in [1.165, 1.54) is 0 Å². The van der Waals surface area contributed by atoms with Crippen LogP contribution in [-0.2, 0) is 6.42 Å². The van der Waals surface area contributed by atoms with Crippen LogP contribution in [0.15, 0.2) is 71.4 Å². The van der Waals surface area contributed by atoms with E-state index in [1.807, 2.05) is 60.0 Å². The number of thiophene rings is 1. The predicted octanol–water partition coefficient (Wildman–Crippen LogP) is 3.75. The van der Waals surface area contributed by atoms with Gasteiger partial charge in [-0.15, -0.1) is 0 Å². The fourth-order valence-electron chi connectivity index (χ4n) is 2.51. The van der Waals surface area contributed by atoms with Gasteiger partial charge in [0, 0.05) is 18.5 Å². The van der Waals surface area contributed by atoms with E-state index in [4.69, 9.17) is 0 Å². The molecule has 0 fully saturated rings. The maximum Gasteiger partial charge on any atom is 0.251 e. The molecule has 4 heteroatoms. The fraction of sp³-hybridized carbons (Fsp3) is 0.150. The number of amides is 1. The second-order valence-corrected chi connectivity index (χ2v) is 6.42. The molecule has 0 saturated heterocycles. The van der Waals surface area contributed by atoms with Gasteiger partial charge in [-0.3, -0.25) is 4.79 Å². The summed E-state index contributed by atoms with van der Waals surface area (Å²) in [4.78, 5) is 12.2. The van der Waals surface area contributed by atoms with E-state index in [-0.39, 0.29) is 12.5 Å². The van der Waals surface area contributed by atoms with Gasteiger partial charge in [0.2, 0.25) is 0 Å². The molecule has 2 N–H and O–H groups in total. The van der Waals surface area contributed by atoms with Crippen LogP contribution >= 0.6 is 11.3 Å². The SMILES string of the molecule is O=C(NC[C@H](O)Cc1ccccc1)c1ccc(-c2ccsc2)cc1. The van der Waals surface area contributed by atoms with Crippen LogP contribution < -0.4 is 5.32 Å². The van der Waals surface area contributed by atoms with Crippen molar-refractivity contribution in [3.05, 3.63) is 82.6 Å². The van der Waals surface area contributed by atoms with Crippen molar-refractivity contribution in [1.29, 1.82) is 0 Å². The maximum absolute atomic E-state index is 12.2. The molecule has 2 aromatic carbocycles. The van der Waals surface area contributed by atoms with Gasteiger partial charge in [-0.25, -0.2) is 0 Å². The maximum atomic E-state index is 12.2. The standard InChI is InChI=1S/C20H19NO2S/c22-19(12-15-4-2-1-3-5-15)13-21-20(23)17-8-6-16(7-9-17)18-10-11-24-14-18/h1-11,14,19,22H,12-13H2,(H,21,23)/t19-/m1/s1. The van der Waals surface area contributed by atoms with E-state index in [9.17, 15) is 9.90 Å². The van der Waals surface area contributed by atoms with Gasteiger partial charge in [0.1, 0.15) is 0 Å². The Balaban J connectivity index is 1.53. The summed E-state index contributed by atoms with van der Waals surface area (Å²) in [6.07, 6.45) is -0.0699. The van der Waals surface area contributed by atoms with Crippen molar-refractivity contribution >= 4 is 17.2 Å². The van der Waals surface area contributed by atoms with Crippen LogP contribution in [-0.4, -0.2) is 23.7 Å². The number of aliphatic hydroxyl groups excluding tert-OH is 1. The van der Waals surface area contributed by atoms with E-state index >= 15 is 0 Å². The number of rotatable bonds is 6. The Hall–Kier alpha value is -2.43. The van der Waals surface area contributed by atoms with Crippen molar-refractivity contribution in [3.63, 3.8) is 0 Å². The van der Waals surface area contributed by atoms with Crippen LogP contribution in [0.4, 0.5) is 0 Å². The molecule has 1 atom stereocenters. The lowest BCUT2D eigenvalue weighted by atomic mass is 10.1. The molecule has 0 unspecified atom stereocenters. The topological polar surface area (TPSA) is 49.3 Å². The molecule has 1 aromatic heterocycles. The first-order chi connectivity index (χ1) is 11.7. The van der Waals surface area contributed by atoms with Crippen molar-refractivity contribution in [1.82, 2.24) is 5.32 Å². The largest absolute Gasteiger partial charge is 0.391 e. The summed E-state index contributed by atoms with van der Waals surface area (Å²) >= 11 is 1.65. The first-order valence-corrected chi connectivity index (χ1v) is 8.79. The third kappa shape index (κ3) is 4.31. The Morgan fingerprint density at radius 3 is 2.42 bits per heavy atom. The van der Waals surface area contributed by atoms with E-state index < -0.39 is 6.10 Å². The molecule has 3 rings (SSSR count). The summed E-state index contributed by atoms with van der Waals surface area (Å²) in [6, 6.07) is 19.3. The minimum absolute atomic E-state index is 0.168. The molecule has 0 spiro atoms. The van der Waals surface area contributed by atoms with Crippen molar-refractivity contribution < 1.29 is 9.90 Å². The molecular formula is C20H19NO2S. The average molecular weight is 337 g/mol. The third-order valence-corrected chi connectivity index (χ3v) is 4.50. The van der Waals surface area contributed by atoms with Crippen LogP contribution in [0.5, 0.6) is 0 Å². The summed E-state index contributed by atoms with van der Waals surface area (Å²) in [6.45, 7) is 0.236. The summed E-state index contributed by atoms with van der Waals surface area (Å²) in [5, 5.41) is 17.0. The molecule has 3 aromatic rings. The summed E-state index contributed by atoms with van der Waals surface area (Å²) in [5.74, 6) is -0.168. The Morgan fingerprint density at radius 2 is 1.75 bits per heavy atom. The minimum Gasteiger partial charge on any atom is -0.391 e. The zero-order valence-electron chi connectivity index (χ0n) is 13.2. The van der Waals surface area contributed by atoms with Crippen LogP contribution in [0.25, 0.3) is 11.1 Å². The van der Waals surface area contributed by atoms with Crippen molar-refractivity contribution in [3.8, 4) is 11.1 Å². The van der Waals surface area contributed by atoms with Crippen molar-refractivity contribution in [2.45, 2.75) is 12.5 Å².